The van der Waals surface area contributed by atoms with E-state index in [2.05, 4.69) is 83.9 Å². The minimum Gasteiger partial charge on any atom is -0.325 e. The third-order valence-corrected chi connectivity index (χ3v) is 6.43. The molecule has 0 bridgehead atoms. The molecule has 0 saturated carbocycles. The zero-order valence-electron chi connectivity index (χ0n) is 20.4. The van der Waals surface area contributed by atoms with Crippen molar-refractivity contribution in [3.05, 3.63) is 82.7 Å². The third kappa shape index (κ3) is 3.37. The van der Waals surface area contributed by atoms with Gasteiger partial charge in [-0.3, -0.25) is 0 Å². The lowest BCUT2D eigenvalue weighted by atomic mass is 9.83. The minimum atomic E-state index is -0.0784. The molecule has 5 rings (SSSR count). The number of nitrogens with one attached hydrogen (secondary N) is 1. The van der Waals surface area contributed by atoms with Crippen molar-refractivity contribution in [2.24, 2.45) is 0 Å². The van der Waals surface area contributed by atoms with Crippen molar-refractivity contribution in [1.82, 2.24) is 0 Å². The van der Waals surface area contributed by atoms with Gasteiger partial charge in [0.1, 0.15) is 0 Å². The molecule has 5 aromatic carbocycles. The molecule has 0 aliphatic rings. The fraction of sp³-hybridized carbons (Fsp3) is 0.154. The zero-order chi connectivity index (χ0) is 23.7. The zero-order valence-corrected chi connectivity index (χ0v) is 18.8. The molecule has 0 radical (unpaired) electrons. The lowest BCUT2D eigenvalue weighted by Gasteiger charge is -2.22. The highest BCUT2D eigenvalue weighted by Crippen LogP contribution is 2.40. The first-order chi connectivity index (χ1) is 15.6. The molecule has 144 valence electrons. The van der Waals surface area contributed by atoms with Gasteiger partial charge in [-0.15, -0.1) is 0 Å². The van der Waals surface area contributed by atoms with Gasteiger partial charge in [0.25, 0.3) is 0 Å². The molecular weight excluding hydrogens is 438 g/mol. The van der Waals surface area contributed by atoms with Crippen molar-refractivity contribution >= 4 is 65.9 Å². The van der Waals surface area contributed by atoms with Crippen LogP contribution in [-0.2, 0) is 5.41 Å². The molecule has 0 aliphatic carbocycles. The van der Waals surface area contributed by atoms with Crippen LogP contribution in [0.1, 0.15) is 31.8 Å². The van der Waals surface area contributed by atoms with Gasteiger partial charge in [-0.05, 0) is 80.1 Å². The number of rotatable bonds is 3. The number of benzene rings is 5. The standard InChI is InChI=1S/C26H22BrNS/c1-26(2,3)19-14-17-5-4-16-7-13-23(28-29-21-10-8-20(27)9-11-21)22-12-6-18(15-19)24(17)25(16)22/h4-15,28H,1-3H3/i8D,9D,10D,11D. The summed E-state index contributed by atoms with van der Waals surface area (Å²) in [7, 11) is 0. The van der Waals surface area contributed by atoms with E-state index in [1.807, 2.05) is 6.07 Å². The highest BCUT2D eigenvalue weighted by Gasteiger charge is 2.17. The van der Waals surface area contributed by atoms with E-state index in [1.54, 1.807) is 0 Å². The summed E-state index contributed by atoms with van der Waals surface area (Å²) in [6, 6.07) is 17.0. The number of anilines is 1. The molecule has 5 aromatic rings. The molecule has 0 saturated heterocycles. The molecule has 0 heterocycles. The van der Waals surface area contributed by atoms with Gasteiger partial charge < -0.3 is 4.72 Å². The quantitative estimate of drug-likeness (QED) is 0.212. The fourth-order valence-electron chi connectivity index (χ4n) is 3.78. The second-order valence-corrected chi connectivity index (χ2v) is 9.89. The van der Waals surface area contributed by atoms with Crippen molar-refractivity contribution in [1.29, 1.82) is 0 Å². The van der Waals surface area contributed by atoms with E-state index in [1.165, 1.54) is 27.1 Å². The summed E-state index contributed by atoms with van der Waals surface area (Å²) in [5, 5.41) is 7.08. The van der Waals surface area contributed by atoms with E-state index in [9.17, 15) is 0 Å². The summed E-state index contributed by atoms with van der Waals surface area (Å²) in [6.45, 7) is 6.69. The Balaban J connectivity index is 1.64. The first-order valence-electron chi connectivity index (χ1n) is 11.5. The summed E-state index contributed by atoms with van der Waals surface area (Å²) in [4.78, 5) is 0.272. The van der Waals surface area contributed by atoms with Gasteiger partial charge in [0.15, 0.2) is 0 Å². The minimum absolute atomic E-state index is 0.0622. The highest BCUT2D eigenvalue weighted by atomic mass is 79.9. The van der Waals surface area contributed by atoms with Gasteiger partial charge in [-0.2, -0.15) is 0 Å². The van der Waals surface area contributed by atoms with Crippen LogP contribution in [0.3, 0.4) is 0 Å². The predicted octanol–water partition coefficient (Wildman–Crippen LogP) is 8.76. The monoisotopic (exact) mass is 463 g/mol. The first kappa shape index (κ1) is 14.7. The summed E-state index contributed by atoms with van der Waals surface area (Å²) < 4.78 is 36.1. The lowest BCUT2D eigenvalue weighted by Crippen LogP contribution is -2.10. The van der Waals surface area contributed by atoms with Crippen molar-refractivity contribution in [2.75, 3.05) is 4.72 Å². The Hall–Kier alpha value is -2.23. The van der Waals surface area contributed by atoms with Crippen LogP contribution in [0.15, 0.2) is 82.1 Å². The molecule has 29 heavy (non-hydrogen) atoms. The third-order valence-electron chi connectivity index (χ3n) is 5.30. The predicted molar refractivity (Wildman–Crippen MR) is 132 cm³/mol. The van der Waals surface area contributed by atoms with Gasteiger partial charge >= 0.3 is 0 Å². The van der Waals surface area contributed by atoms with E-state index < -0.39 is 0 Å². The summed E-state index contributed by atoms with van der Waals surface area (Å²) >= 11 is 4.27. The molecule has 1 N–H and O–H groups in total. The number of halogens is 1. The molecule has 0 fully saturated rings. The van der Waals surface area contributed by atoms with Gasteiger partial charge in [0.05, 0.1) is 11.2 Å². The highest BCUT2D eigenvalue weighted by molar-refractivity contribution is 9.10. The van der Waals surface area contributed by atoms with Crippen molar-refractivity contribution < 1.29 is 5.48 Å². The number of hydrogen-bond acceptors (Lipinski definition) is 2. The van der Waals surface area contributed by atoms with Crippen molar-refractivity contribution in [3.63, 3.8) is 0 Å². The Bertz CT molecular complexity index is 1510. The Labute approximate surface area is 189 Å². The first-order valence-corrected chi connectivity index (χ1v) is 11.1. The van der Waals surface area contributed by atoms with Crippen molar-refractivity contribution in [2.45, 2.75) is 31.1 Å². The Kier molecular flexibility index (Phi) is 3.51. The van der Waals surface area contributed by atoms with Crippen LogP contribution in [-0.4, -0.2) is 0 Å². The van der Waals surface area contributed by atoms with E-state index >= 15 is 0 Å². The molecule has 3 heteroatoms. The van der Waals surface area contributed by atoms with Gasteiger partial charge in [0, 0.05) is 14.8 Å². The van der Waals surface area contributed by atoms with Crippen LogP contribution >= 0.6 is 27.9 Å². The second-order valence-electron chi connectivity index (χ2n) is 8.28. The Morgan fingerprint density at radius 1 is 0.828 bits per heavy atom. The molecule has 1 nitrogen and oxygen atoms in total. The molecule has 0 atom stereocenters. The summed E-state index contributed by atoms with van der Waals surface area (Å²) in [6.07, 6.45) is 0. The maximum atomic E-state index is 8.26. The lowest BCUT2D eigenvalue weighted by molar-refractivity contribution is 0.591. The van der Waals surface area contributed by atoms with Gasteiger partial charge in [-0.25, -0.2) is 0 Å². The average molecular weight is 464 g/mol. The molecule has 0 aliphatic heterocycles. The van der Waals surface area contributed by atoms with E-state index in [0.717, 1.165) is 28.4 Å². The van der Waals surface area contributed by atoms with Gasteiger partial charge in [-0.1, -0.05) is 79.2 Å². The van der Waals surface area contributed by atoms with E-state index in [4.69, 9.17) is 5.48 Å². The SMILES string of the molecule is [2H]c1c([2H])c(SNc2ccc3ccc4cc(C(C)(C)C)cc5ccc2c3c45)c([2H])c([2H])c1Br. The van der Waals surface area contributed by atoms with Crippen LogP contribution in [0.25, 0.3) is 32.3 Å². The molecule has 0 spiro atoms. The molecule has 0 unspecified atom stereocenters. The van der Waals surface area contributed by atoms with Crippen LogP contribution in [0.5, 0.6) is 0 Å². The molecule has 0 aromatic heterocycles. The van der Waals surface area contributed by atoms with Crippen LogP contribution in [0.2, 0.25) is 0 Å². The normalized spacial score (nSPS) is 14.2. The average Bonchev–Trinajstić information content (AvgIpc) is 2.79. The summed E-state index contributed by atoms with van der Waals surface area (Å²) in [5.41, 5.74) is 2.25. The van der Waals surface area contributed by atoms with E-state index in [-0.39, 0.29) is 39.0 Å². The summed E-state index contributed by atoms with van der Waals surface area (Å²) in [5.74, 6) is 0. The Morgan fingerprint density at radius 2 is 1.45 bits per heavy atom. The maximum absolute atomic E-state index is 8.26. The van der Waals surface area contributed by atoms with Crippen LogP contribution in [0.4, 0.5) is 5.69 Å². The second kappa shape index (κ2) is 6.93. The fourth-order valence-corrected chi connectivity index (χ4v) is 4.58. The van der Waals surface area contributed by atoms with Gasteiger partial charge in [0.2, 0.25) is 0 Å². The maximum Gasteiger partial charge on any atom is 0.0636 e. The van der Waals surface area contributed by atoms with Crippen molar-refractivity contribution in [3.8, 4) is 0 Å². The van der Waals surface area contributed by atoms with E-state index in [0.29, 0.717) is 0 Å². The smallest absolute Gasteiger partial charge is 0.0636 e. The van der Waals surface area contributed by atoms with Crippen LogP contribution in [0, 0.1) is 0 Å². The Morgan fingerprint density at radius 3 is 2.14 bits per heavy atom. The molecular formula is C26H22BrNS. The topological polar surface area (TPSA) is 12.0 Å². The largest absolute Gasteiger partial charge is 0.325 e. The number of hydrogen-bond donors (Lipinski definition) is 1. The van der Waals surface area contributed by atoms with Crippen LogP contribution < -0.4 is 4.72 Å². The molecule has 0 amide bonds.